The molecule has 3 rings (SSSR count). The predicted molar refractivity (Wildman–Crippen MR) is 147 cm³/mol. The number of allylic oxidation sites excluding steroid dienone is 2. The Bertz CT molecular complexity index is 1020. The highest BCUT2D eigenvalue weighted by molar-refractivity contribution is 5.82. The van der Waals surface area contributed by atoms with Gasteiger partial charge in [0, 0.05) is 22.3 Å². The van der Waals surface area contributed by atoms with Crippen LogP contribution in [0.2, 0.25) is 0 Å². The van der Waals surface area contributed by atoms with Gasteiger partial charge in [-0.3, -0.25) is 0 Å². The van der Waals surface area contributed by atoms with Gasteiger partial charge in [0.25, 0.3) is 0 Å². The maximum atomic E-state index is 11.7. The Morgan fingerprint density at radius 2 is 1.12 bits per heavy atom. The molecule has 0 saturated heterocycles. The average Bonchev–Trinajstić information content (AvgIpc) is 3.14. The standard InChI is InChI=1S/C32H44N2/c1-5-9-12-13-22-30-29(21-11-7-3)32(28-20-15-18-26(24-28)16-10-6-2)34(33)31(30)27-19-14-17-25(8-4)23-27/h14-15,17-20,23-24H,5-13,16,21-22H2,1-4H3. The maximum Gasteiger partial charge on any atom is 0.211 e. The van der Waals surface area contributed by atoms with Gasteiger partial charge < -0.3 is 5.53 Å². The molecule has 0 aliphatic carbocycles. The van der Waals surface area contributed by atoms with Gasteiger partial charge in [-0.05, 0) is 80.3 Å². The molecule has 0 saturated carbocycles. The number of rotatable bonds is 14. The van der Waals surface area contributed by atoms with Crippen molar-refractivity contribution in [3.05, 3.63) is 87.5 Å². The van der Waals surface area contributed by atoms with E-state index in [1.807, 2.05) is 0 Å². The van der Waals surface area contributed by atoms with Gasteiger partial charge in [0.05, 0.1) is 0 Å². The van der Waals surface area contributed by atoms with E-state index >= 15 is 0 Å². The van der Waals surface area contributed by atoms with Crippen molar-refractivity contribution in [1.82, 2.24) is 0 Å². The van der Waals surface area contributed by atoms with Crippen LogP contribution in [0.25, 0.3) is 16.9 Å². The Balaban J connectivity index is 2.10. The second-order valence-electron chi connectivity index (χ2n) is 9.74. The zero-order chi connectivity index (χ0) is 24.3. The van der Waals surface area contributed by atoms with Crippen molar-refractivity contribution in [2.45, 2.75) is 105 Å². The lowest BCUT2D eigenvalue weighted by atomic mass is 9.91. The van der Waals surface area contributed by atoms with Crippen molar-refractivity contribution in [3.63, 3.8) is 0 Å². The first kappa shape index (κ1) is 26.1. The first-order chi connectivity index (χ1) is 16.6. The summed E-state index contributed by atoms with van der Waals surface area (Å²) in [4.78, 5) is 0. The van der Waals surface area contributed by atoms with Crippen molar-refractivity contribution >= 4 is 11.4 Å². The second kappa shape index (κ2) is 13.4. The number of hydrogen-bond acceptors (Lipinski definition) is 0. The molecule has 0 atom stereocenters. The molecular formula is C32H44N2. The van der Waals surface area contributed by atoms with Crippen LogP contribution >= 0.6 is 0 Å². The predicted octanol–water partition coefficient (Wildman–Crippen LogP) is 9.92. The quantitative estimate of drug-likeness (QED) is 0.200. The fourth-order valence-electron chi connectivity index (χ4n) is 5.06. The molecule has 2 heteroatoms. The van der Waals surface area contributed by atoms with E-state index in [9.17, 15) is 5.53 Å². The van der Waals surface area contributed by atoms with Crippen LogP contribution < -0.4 is 0 Å². The molecule has 0 spiro atoms. The molecule has 182 valence electrons. The van der Waals surface area contributed by atoms with Crippen LogP contribution in [0.5, 0.6) is 0 Å². The van der Waals surface area contributed by atoms with E-state index in [1.165, 1.54) is 65.5 Å². The topological polar surface area (TPSA) is 25.3 Å². The van der Waals surface area contributed by atoms with E-state index in [2.05, 4.69) is 76.2 Å². The molecular weight excluding hydrogens is 412 g/mol. The lowest BCUT2D eigenvalue weighted by molar-refractivity contribution is -0.345. The van der Waals surface area contributed by atoms with Crippen molar-refractivity contribution in [2.75, 3.05) is 0 Å². The third kappa shape index (κ3) is 6.34. The molecule has 2 aromatic carbocycles. The summed E-state index contributed by atoms with van der Waals surface area (Å²) in [5.41, 5.74) is 21.4. The van der Waals surface area contributed by atoms with Crippen LogP contribution in [0.15, 0.2) is 59.7 Å². The Morgan fingerprint density at radius 3 is 1.71 bits per heavy atom. The number of nitrogens with zero attached hydrogens (tertiary/aromatic N) is 2. The van der Waals surface area contributed by atoms with Crippen LogP contribution in [0, 0.1) is 0 Å². The van der Waals surface area contributed by atoms with Crippen molar-refractivity contribution in [3.8, 4) is 0 Å². The lowest BCUT2D eigenvalue weighted by Gasteiger charge is -2.11. The molecule has 0 bridgehead atoms. The summed E-state index contributed by atoms with van der Waals surface area (Å²) in [6, 6.07) is 17.6. The molecule has 0 amide bonds. The molecule has 1 heterocycles. The van der Waals surface area contributed by atoms with Crippen molar-refractivity contribution < 1.29 is 4.70 Å². The van der Waals surface area contributed by atoms with E-state index in [4.69, 9.17) is 0 Å². The SMILES string of the molecule is CCCCCCC1=C(c2cccc(CC)c2)[N+](=[N-])C(c2cccc(CCCC)c2)=C1CCCC. The molecule has 0 N–H and O–H groups in total. The lowest BCUT2D eigenvalue weighted by Crippen LogP contribution is -2.03. The third-order valence-electron chi connectivity index (χ3n) is 7.05. The first-order valence-electron chi connectivity index (χ1n) is 13.8. The molecule has 1 aliphatic rings. The summed E-state index contributed by atoms with van der Waals surface area (Å²) in [6.07, 6.45) is 13.8. The highest BCUT2D eigenvalue weighted by Crippen LogP contribution is 2.44. The minimum atomic E-state index is 1.00. The summed E-state index contributed by atoms with van der Waals surface area (Å²) in [5.74, 6) is 0. The summed E-state index contributed by atoms with van der Waals surface area (Å²) < 4.78 is 1.54. The molecule has 0 fully saturated rings. The highest BCUT2D eigenvalue weighted by atomic mass is 15.2. The van der Waals surface area contributed by atoms with Gasteiger partial charge in [-0.25, -0.2) is 4.70 Å². The van der Waals surface area contributed by atoms with Crippen LogP contribution in [0.4, 0.5) is 0 Å². The minimum Gasteiger partial charge on any atom is -0.493 e. The van der Waals surface area contributed by atoms with Crippen molar-refractivity contribution in [1.29, 1.82) is 0 Å². The Morgan fingerprint density at radius 1 is 0.588 bits per heavy atom. The Hall–Kier alpha value is -2.48. The number of benzene rings is 2. The minimum absolute atomic E-state index is 1.00. The second-order valence-corrected chi connectivity index (χ2v) is 9.74. The fourth-order valence-corrected chi connectivity index (χ4v) is 5.06. The Kier molecular flexibility index (Phi) is 10.3. The monoisotopic (exact) mass is 456 g/mol. The molecule has 0 radical (unpaired) electrons. The molecule has 1 aliphatic heterocycles. The largest absolute Gasteiger partial charge is 0.493 e. The van der Waals surface area contributed by atoms with Crippen LogP contribution in [0.3, 0.4) is 0 Å². The molecule has 2 nitrogen and oxygen atoms in total. The van der Waals surface area contributed by atoms with Gasteiger partial charge >= 0.3 is 0 Å². The van der Waals surface area contributed by atoms with E-state index < -0.39 is 0 Å². The highest BCUT2D eigenvalue weighted by Gasteiger charge is 2.35. The smallest absolute Gasteiger partial charge is 0.211 e. The van der Waals surface area contributed by atoms with Gasteiger partial charge in [0.2, 0.25) is 11.4 Å². The van der Waals surface area contributed by atoms with Gasteiger partial charge in [-0.15, -0.1) is 0 Å². The van der Waals surface area contributed by atoms with Gasteiger partial charge in [-0.2, -0.15) is 0 Å². The average molecular weight is 457 g/mol. The zero-order valence-electron chi connectivity index (χ0n) is 22.0. The van der Waals surface area contributed by atoms with E-state index in [-0.39, 0.29) is 0 Å². The van der Waals surface area contributed by atoms with Crippen LogP contribution in [0.1, 0.15) is 114 Å². The Labute approximate surface area is 208 Å². The third-order valence-corrected chi connectivity index (χ3v) is 7.05. The number of unbranched alkanes of at least 4 members (excludes halogenated alkanes) is 5. The van der Waals surface area contributed by atoms with Gasteiger partial charge in [0.1, 0.15) is 0 Å². The number of aryl methyl sites for hydroxylation is 2. The maximum absolute atomic E-state index is 11.7. The number of hydrogen-bond donors (Lipinski definition) is 0. The summed E-state index contributed by atoms with van der Waals surface area (Å²) in [6.45, 7) is 8.96. The van der Waals surface area contributed by atoms with E-state index in [0.29, 0.717) is 0 Å². The molecule has 0 aromatic heterocycles. The molecule has 34 heavy (non-hydrogen) atoms. The van der Waals surface area contributed by atoms with Crippen LogP contribution in [-0.4, -0.2) is 4.70 Å². The zero-order valence-corrected chi connectivity index (χ0v) is 22.0. The summed E-state index contributed by atoms with van der Waals surface area (Å²) in [7, 11) is 0. The normalized spacial score (nSPS) is 13.9. The summed E-state index contributed by atoms with van der Waals surface area (Å²) >= 11 is 0. The van der Waals surface area contributed by atoms with Gasteiger partial charge in [-0.1, -0.05) is 84.1 Å². The molecule has 2 aromatic rings. The van der Waals surface area contributed by atoms with E-state index in [0.717, 1.165) is 61.0 Å². The first-order valence-corrected chi connectivity index (χ1v) is 13.8. The summed E-state index contributed by atoms with van der Waals surface area (Å²) in [5, 5.41) is 0. The molecule has 0 unspecified atom stereocenters. The van der Waals surface area contributed by atoms with E-state index in [1.54, 1.807) is 0 Å². The van der Waals surface area contributed by atoms with Crippen molar-refractivity contribution in [2.24, 2.45) is 0 Å². The fraction of sp³-hybridized carbons (Fsp3) is 0.500. The van der Waals surface area contributed by atoms with Gasteiger partial charge in [0.15, 0.2) is 0 Å². The van der Waals surface area contributed by atoms with Crippen LogP contribution in [-0.2, 0) is 12.8 Å².